The third-order valence-electron chi connectivity index (χ3n) is 3.66. The van der Waals surface area contributed by atoms with E-state index in [4.69, 9.17) is 9.47 Å². The van der Waals surface area contributed by atoms with Crippen LogP contribution in [0.5, 0.6) is 17.2 Å². The van der Waals surface area contributed by atoms with E-state index in [1.54, 1.807) is 18.3 Å². The van der Waals surface area contributed by atoms with Gasteiger partial charge in [0.25, 0.3) is 0 Å². The molecular weight excluding hydrogens is 449 g/mol. The fraction of sp³-hybridized carbons (Fsp3) is 0.412. The topological polar surface area (TPSA) is 92.9 Å². The van der Waals surface area contributed by atoms with E-state index >= 15 is 0 Å². The number of guanidine groups is 1. The second-order valence-electron chi connectivity index (χ2n) is 5.34. The van der Waals surface area contributed by atoms with E-state index in [2.05, 4.69) is 20.7 Å². The summed E-state index contributed by atoms with van der Waals surface area (Å²) < 4.78 is 12.2. The Kier molecular flexibility index (Phi) is 9.03. The van der Waals surface area contributed by atoms with Crippen molar-refractivity contribution in [3.8, 4) is 17.2 Å². The number of methoxy groups -OCH3 is 2. The zero-order chi connectivity index (χ0) is 18.2. The summed E-state index contributed by atoms with van der Waals surface area (Å²) in [6, 6.07) is 5.43. The average molecular weight is 475 g/mol. The molecule has 1 aromatic carbocycles. The van der Waals surface area contributed by atoms with Crippen molar-refractivity contribution in [1.82, 2.24) is 20.4 Å². The molecule has 0 aliphatic carbocycles. The molecule has 2 rings (SSSR count). The lowest BCUT2D eigenvalue weighted by atomic mass is 10.2. The molecule has 0 atom stereocenters. The normalized spacial score (nSPS) is 10.8. The molecule has 0 fully saturated rings. The molecule has 1 heterocycles. The number of aromatic nitrogens is 2. The van der Waals surface area contributed by atoms with Gasteiger partial charge in [0, 0.05) is 19.8 Å². The summed E-state index contributed by atoms with van der Waals surface area (Å²) >= 11 is 0. The van der Waals surface area contributed by atoms with E-state index in [0.717, 1.165) is 17.8 Å². The SMILES string of the molecule is CCNC(=NCc1cc(OC)c(O)c(OC)c1)NCc1ccnn1C.I. The van der Waals surface area contributed by atoms with E-state index < -0.39 is 0 Å². The molecular formula is C17H26IN5O3. The molecule has 26 heavy (non-hydrogen) atoms. The minimum Gasteiger partial charge on any atom is -0.502 e. The summed E-state index contributed by atoms with van der Waals surface area (Å²) in [5.41, 5.74) is 1.92. The van der Waals surface area contributed by atoms with E-state index in [9.17, 15) is 5.11 Å². The second-order valence-corrected chi connectivity index (χ2v) is 5.34. The van der Waals surface area contributed by atoms with Crippen LogP contribution in [0.1, 0.15) is 18.2 Å². The van der Waals surface area contributed by atoms with Crippen LogP contribution in [0, 0.1) is 0 Å². The van der Waals surface area contributed by atoms with Gasteiger partial charge in [-0.05, 0) is 30.7 Å². The Morgan fingerprint density at radius 1 is 1.23 bits per heavy atom. The number of aliphatic imine (C=N–C) groups is 1. The lowest BCUT2D eigenvalue weighted by Crippen LogP contribution is -2.37. The van der Waals surface area contributed by atoms with Gasteiger partial charge in [-0.3, -0.25) is 4.68 Å². The van der Waals surface area contributed by atoms with E-state index in [1.165, 1.54) is 14.2 Å². The molecule has 0 aliphatic rings. The highest BCUT2D eigenvalue weighted by Gasteiger charge is 2.11. The monoisotopic (exact) mass is 475 g/mol. The van der Waals surface area contributed by atoms with Crippen molar-refractivity contribution in [2.24, 2.45) is 12.0 Å². The number of hydrogen-bond acceptors (Lipinski definition) is 5. The fourth-order valence-corrected chi connectivity index (χ4v) is 2.30. The summed E-state index contributed by atoms with van der Waals surface area (Å²) in [6.45, 7) is 3.78. The maximum Gasteiger partial charge on any atom is 0.200 e. The van der Waals surface area contributed by atoms with Crippen LogP contribution >= 0.6 is 24.0 Å². The molecule has 144 valence electrons. The summed E-state index contributed by atoms with van der Waals surface area (Å²) in [6.07, 6.45) is 1.76. The summed E-state index contributed by atoms with van der Waals surface area (Å²) in [5.74, 6) is 1.39. The van der Waals surface area contributed by atoms with Crippen molar-refractivity contribution >= 4 is 29.9 Å². The minimum absolute atomic E-state index is 0. The van der Waals surface area contributed by atoms with Crippen LogP contribution in [-0.4, -0.2) is 41.6 Å². The maximum atomic E-state index is 9.97. The number of phenols is 1. The van der Waals surface area contributed by atoms with Gasteiger partial charge in [-0.1, -0.05) is 0 Å². The number of halogens is 1. The van der Waals surface area contributed by atoms with Gasteiger partial charge in [0.1, 0.15) is 0 Å². The van der Waals surface area contributed by atoms with Crippen LogP contribution in [0.4, 0.5) is 0 Å². The Hall–Kier alpha value is -2.17. The van der Waals surface area contributed by atoms with Crippen molar-refractivity contribution in [3.63, 3.8) is 0 Å². The number of aromatic hydroxyl groups is 1. The van der Waals surface area contributed by atoms with Crippen molar-refractivity contribution in [3.05, 3.63) is 35.7 Å². The third kappa shape index (κ3) is 5.68. The summed E-state index contributed by atoms with van der Waals surface area (Å²) in [5, 5.41) is 20.6. The zero-order valence-electron chi connectivity index (χ0n) is 15.4. The Labute approximate surface area is 170 Å². The molecule has 0 spiro atoms. The third-order valence-corrected chi connectivity index (χ3v) is 3.66. The van der Waals surface area contributed by atoms with Crippen molar-refractivity contribution in [2.75, 3.05) is 20.8 Å². The highest BCUT2D eigenvalue weighted by Crippen LogP contribution is 2.37. The first-order valence-corrected chi connectivity index (χ1v) is 8.02. The first-order chi connectivity index (χ1) is 12.1. The van der Waals surface area contributed by atoms with Gasteiger partial charge in [0.15, 0.2) is 17.5 Å². The first-order valence-electron chi connectivity index (χ1n) is 8.02. The summed E-state index contributed by atoms with van der Waals surface area (Å²) in [7, 11) is 4.90. The highest BCUT2D eigenvalue weighted by atomic mass is 127. The number of hydrogen-bond donors (Lipinski definition) is 3. The fourth-order valence-electron chi connectivity index (χ4n) is 2.30. The smallest absolute Gasteiger partial charge is 0.200 e. The molecule has 0 bridgehead atoms. The average Bonchev–Trinajstić information content (AvgIpc) is 3.03. The Balaban J connectivity index is 0.00000338. The Morgan fingerprint density at radius 3 is 2.38 bits per heavy atom. The summed E-state index contributed by atoms with van der Waals surface area (Å²) in [4.78, 5) is 4.57. The standard InChI is InChI=1S/C17H25N5O3.HI/c1-5-18-17(20-11-13-6-7-21-22(13)2)19-10-12-8-14(24-3)16(23)15(9-12)25-4;/h6-9,23H,5,10-11H2,1-4H3,(H2,18,19,20);1H. The predicted octanol–water partition coefficient (Wildman–Crippen LogP) is 2.02. The molecule has 2 aromatic rings. The van der Waals surface area contributed by atoms with Gasteiger partial charge in [0.05, 0.1) is 33.0 Å². The largest absolute Gasteiger partial charge is 0.502 e. The van der Waals surface area contributed by atoms with Crippen LogP contribution in [0.15, 0.2) is 29.4 Å². The van der Waals surface area contributed by atoms with E-state index in [-0.39, 0.29) is 29.7 Å². The van der Waals surface area contributed by atoms with Gasteiger partial charge in [-0.15, -0.1) is 24.0 Å². The molecule has 1 aromatic heterocycles. The van der Waals surface area contributed by atoms with Gasteiger partial charge in [-0.25, -0.2) is 4.99 Å². The second kappa shape index (κ2) is 10.7. The number of nitrogens with zero attached hydrogens (tertiary/aromatic N) is 3. The number of nitrogens with one attached hydrogen (secondary N) is 2. The van der Waals surface area contributed by atoms with Crippen LogP contribution in [-0.2, 0) is 20.1 Å². The Bertz CT molecular complexity index is 708. The molecule has 9 heteroatoms. The first kappa shape index (κ1) is 21.9. The van der Waals surface area contributed by atoms with Crippen molar-refractivity contribution in [2.45, 2.75) is 20.0 Å². The number of benzene rings is 1. The van der Waals surface area contributed by atoms with Gasteiger partial charge >= 0.3 is 0 Å². The van der Waals surface area contributed by atoms with Crippen LogP contribution < -0.4 is 20.1 Å². The highest BCUT2D eigenvalue weighted by molar-refractivity contribution is 14.0. The van der Waals surface area contributed by atoms with Crippen molar-refractivity contribution < 1.29 is 14.6 Å². The number of aryl methyl sites for hydroxylation is 1. The lowest BCUT2D eigenvalue weighted by Gasteiger charge is -2.13. The van der Waals surface area contributed by atoms with Gasteiger partial charge in [0.2, 0.25) is 5.75 Å². The predicted molar refractivity (Wildman–Crippen MR) is 111 cm³/mol. The molecule has 0 unspecified atom stereocenters. The number of phenolic OH excluding ortho intramolecular Hbond substituents is 1. The van der Waals surface area contributed by atoms with Gasteiger partial charge in [-0.2, -0.15) is 5.10 Å². The maximum absolute atomic E-state index is 9.97. The molecule has 0 saturated carbocycles. The van der Waals surface area contributed by atoms with E-state index in [0.29, 0.717) is 30.5 Å². The molecule has 0 saturated heterocycles. The molecule has 0 aliphatic heterocycles. The van der Waals surface area contributed by atoms with Crippen molar-refractivity contribution in [1.29, 1.82) is 0 Å². The Morgan fingerprint density at radius 2 is 1.88 bits per heavy atom. The van der Waals surface area contributed by atoms with E-state index in [1.807, 2.05) is 24.7 Å². The number of rotatable bonds is 7. The van der Waals surface area contributed by atoms with Crippen LogP contribution in [0.2, 0.25) is 0 Å². The number of ether oxygens (including phenoxy) is 2. The molecule has 8 nitrogen and oxygen atoms in total. The van der Waals surface area contributed by atoms with Crippen LogP contribution in [0.3, 0.4) is 0 Å². The quantitative estimate of drug-likeness (QED) is 0.323. The molecule has 0 amide bonds. The lowest BCUT2D eigenvalue weighted by molar-refractivity contribution is 0.339. The zero-order valence-corrected chi connectivity index (χ0v) is 17.8. The minimum atomic E-state index is -0.0148. The molecule has 3 N–H and O–H groups in total. The molecule has 0 radical (unpaired) electrons. The van der Waals surface area contributed by atoms with Crippen LogP contribution in [0.25, 0.3) is 0 Å². The van der Waals surface area contributed by atoms with Gasteiger partial charge < -0.3 is 25.2 Å².